The molecule has 160 valence electrons. The van der Waals surface area contributed by atoms with Crippen molar-refractivity contribution in [3.8, 4) is 11.9 Å². The van der Waals surface area contributed by atoms with Crippen LogP contribution in [-0.2, 0) is 10.4 Å². The molecule has 0 aromatic carbocycles. The van der Waals surface area contributed by atoms with Gasteiger partial charge in [-0.15, -0.1) is 0 Å². The van der Waals surface area contributed by atoms with Crippen LogP contribution in [0.4, 0.5) is 0 Å². The molecule has 3 aliphatic rings. The Kier molecular flexibility index (Phi) is 5.95. The van der Waals surface area contributed by atoms with Crippen LogP contribution in [0, 0.1) is 17.8 Å². The molecular weight excluding hydrogens is 370 g/mol. The van der Waals surface area contributed by atoms with Crippen molar-refractivity contribution in [2.45, 2.75) is 64.4 Å². The van der Waals surface area contributed by atoms with Gasteiger partial charge >= 0.3 is 6.01 Å². The van der Waals surface area contributed by atoms with Crippen LogP contribution >= 0.6 is 0 Å². The van der Waals surface area contributed by atoms with E-state index in [1.54, 1.807) is 6.20 Å². The summed E-state index contributed by atoms with van der Waals surface area (Å²) in [5.74, 6) is 0.812. The second kappa shape index (κ2) is 8.46. The molecule has 1 amide bonds. The minimum atomic E-state index is -1.07. The fourth-order valence-corrected chi connectivity index (χ4v) is 5.57. The van der Waals surface area contributed by atoms with Crippen molar-refractivity contribution in [3.05, 3.63) is 11.8 Å². The molecule has 7 heteroatoms. The fourth-order valence-electron chi connectivity index (χ4n) is 5.57. The molecule has 2 heterocycles. The second-order valence-corrected chi connectivity index (χ2v) is 8.61. The van der Waals surface area contributed by atoms with Gasteiger partial charge in [0.25, 0.3) is 0 Å². The highest BCUT2D eigenvalue weighted by atomic mass is 16.5. The number of carbonyl (C=O) groups excluding carboxylic acids is 1. The minimum absolute atomic E-state index is 0.0268. The maximum Gasteiger partial charge on any atom is 0.319 e. The van der Waals surface area contributed by atoms with E-state index in [1.807, 2.05) is 18.7 Å². The molecule has 4 rings (SSSR count). The number of piperidine rings is 1. The van der Waals surface area contributed by atoms with Crippen molar-refractivity contribution in [3.63, 3.8) is 0 Å². The van der Waals surface area contributed by atoms with Crippen LogP contribution in [0.1, 0.15) is 64.4 Å². The predicted octanol–water partition coefficient (Wildman–Crippen LogP) is 2.91. The highest BCUT2D eigenvalue weighted by Gasteiger charge is 2.54. The van der Waals surface area contributed by atoms with E-state index < -0.39 is 5.60 Å². The van der Waals surface area contributed by atoms with E-state index in [1.165, 1.54) is 0 Å². The first kappa shape index (κ1) is 20.4. The lowest BCUT2D eigenvalue weighted by Crippen LogP contribution is -2.60. The molecule has 2 aliphatic carbocycles. The van der Waals surface area contributed by atoms with Gasteiger partial charge in [-0.2, -0.15) is 4.98 Å². The zero-order valence-electron chi connectivity index (χ0n) is 17.6. The van der Waals surface area contributed by atoms with E-state index in [4.69, 9.17) is 9.47 Å². The Bertz CT molecular complexity index is 721. The first-order valence-corrected chi connectivity index (χ1v) is 11.2. The summed E-state index contributed by atoms with van der Waals surface area (Å²) in [6.07, 6.45) is 8.85. The Morgan fingerprint density at radius 3 is 2.38 bits per heavy atom. The first-order chi connectivity index (χ1) is 14.1. The van der Waals surface area contributed by atoms with E-state index in [0.717, 1.165) is 44.9 Å². The molecule has 1 aromatic rings. The summed E-state index contributed by atoms with van der Waals surface area (Å²) in [6, 6.07) is 0.266. The summed E-state index contributed by atoms with van der Waals surface area (Å²) in [4.78, 5) is 23.8. The molecular formula is C22H33N3O4. The molecule has 0 spiro atoms. The zero-order valence-corrected chi connectivity index (χ0v) is 17.6. The van der Waals surface area contributed by atoms with Crippen molar-refractivity contribution >= 4 is 5.91 Å². The van der Waals surface area contributed by atoms with Crippen LogP contribution in [0.3, 0.4) is 0 Å². The van der Waals surface area contributed by atoms with Gasteiger partial charge < -0.3 is 19.5 Å². The van der Waals surface area contributed by atoms with E-state index in [9.17, 15) is 9.90 Å². The number of fused-ring (bicyclic) bond motifs is 2. The summed E-state index contributed by atoms with van der Waals surface area (Å²) in [5.41, 5.74) is -0.426. The number of hydrogen-bond donors (Lipinski definition) is 1. The third-order valence-electron chi connectivity index (χ3n) is 6.97. The van der Waals surface area contributed by atoms with Crippen LogP contribution in [-0.4, -0.2) is 52.2 Å². The molecule has 7 nitrogen and oxygen atoms in total. The molecule has 1 N–H and O–H groups in total. The Labute approximate surface area is 172 Å². The molecule has 0 radical (unpaired) electrons. The molecule has 1 aliphatic heterocycles. The highest BCUT2D eigenvalue weighted by molar-refractivity contribution is 5.79. The lowest BCUT2D eigenvalue weighted by molar-refractivity contribution is -0.166. The summed E-state index contributed by atoms with van der Waals surface area (Å²) in [6.45, 7) is 5.90. The van der Waals surface area contributed by atoms with Crippen LogP contribution in [0.15, 0.2) is 6.20 Å². The number of nitrogens with zero attached hydrogens (tertiary/aromatic N) is 3. The Morgan fingerprint density at radius 2 is 1.76 bits per heavy atom. The zero-order chi connectivity index (χ0) is 20.4. The number of carbonyl (C=O) groups is 1. The number of likely N-dealkylation sites (tertiary alicyclic amines) is 1. The van der Waals surface area contributed by atoms with Gasteiger partial charge in [-0.3, -0.25) is 4.79 Å². The third kappa shape index (κ3) is 3.69. The van der Waals surface area contributed by atoms with Gasteiger partial charge in [-0.05, 0) is 39.5 Å². The second-order valence-electron chi connectivity index (χ2n) is 8.61. The standard InChI is InChI=1S/C22H33N3O4/c1-3-28-19-18(12-23-21(24-19)29-4-2)22(27)16-10-7-11-17(22)14-25(13-16)20(26)15-8-5-6-9-15/h12,15-17,27H,3-11,13-14H2,1-2H3. The largest absolute Gasteiger partial charge is 0.478 e. The molecule has 2 saturated carbocycles. The number of rotatable bonds is 6. The van der Waals surface area contributed by atoms with Gasteiger partial charge in [0.05, 0.1) is 18.8 Å². The van der Waals surface area contributed by atoms with Gasteiger partial charge in [0.15, 0.2) is 0 Å². The Balaban J connectivity index is 1.63. The van der Waals surface area contributed by atoms with Crippen molar-refractivity contribution in [1.29, 1.82) is 0 Å². The third-order valence-corrected chi connectivity index (χ3v) is 6.97. The smallest absolute Gasteiger partial charge is 0.319 e. The average molecular weight is 404 g/mol. The van der Waals surface area contributed by atoms with Crippen molar-refractivity contribution in [2.24, 2.45) is 17.8 Å². The predicted molar refractivity (Wildman–Crippen MR) is 108 cm³/mol. The molecule has 1 saturated heterocycles. The maximum atomic E-state index is 13.0. The first-order valence-electron chi connectivity index (χ1n) is 11.2. The van der Waals surface area contributed by atoms with Crippen LogP contribution in [0.25, 0.3) is 0 Å². The molecule has 1 aromatic heterocycles. The van der Waals surface area contributed by atoms with E-state index in [2.05, 4.69) is 9.97 Å². The quantitative estimate of drug-likeness (QED) is 0.786. The van der Waals surface area contributed by atoms with E-state index in [-0.39, 0.29) is 29.7 Å². The SMILES string of the molecule is CCOc1ncc(C2(O)C3CCCC2CN(C(=O)C2CCCC2)C3)c(OCC)n1. The molecule has 29 heavy (non-hydrogen) atoms. The summed E-state index contributed by atoms with van der Waals surface area (Å²) < 4.78 is 11.2. The topological polar surface area (TPSA) is 84.8 Å². The highest BCUT2D eigenvalue weighted by Crippen LogP contribution is 2.51. The molecule has 3 fully saturated rings. The lowest BCUT2D eigenvalue weighted by Gasteiger charge is -2.53. The molecule has 2 unspecified atom stereocenters. The van der Waals surface area contributed by atoms with E-state index >= 15 is 0 Å². The number of hydrogen-bond acceptors (Lipinski definition) is 6. The summed E-state index contributed by atoms with van der Waals surface area (Å²) in [5, 5.41) is 12.0. The summed E-state index contributed by atoms with van der Waals surface area (Å²) in [7, 11) is 0. The van der Waals surface area contributed by atoms with Gasteiger partial charge in [0, 0.05) is 37.0 Å². The van der Waals surface area contributed by atoms with E-state index in [0.29, 0.717) is 37.7 Å². The van der Waals surface area contributed by atoms with Crippen molar-refractivity contribution in [1.82, 2.24) is 14.9 Å². The normalized spacial score (nSPS) is 29.7. The van der Waals surface area contributed by atoms with Gasteiger partial charge in [-0.1, -0.05) is 19.3 Å². The molecule has 2 atom stereocenters. The summed E-state index contributed by atoms with van der Waals surface area (Å²) >= 11 is 0. The van der Waals surface area contributed by atoms with Crippen molar-refractivity contribution < 1.29 is 19.4 Å². The van der Waals surface area contributed by atoms with Crippen molar-refractivity contribution in [2.75, 3.05) is 26.3 Å². The van der Waals surface area contributed by atoms with Crippen LogP contribution in [0.2, 0.25) is 0 Å². The lowest BCUT2D eigenvalue weighted by atomic mass is 9.63. The minimum Gasteiger partial charge on any atom is -0.478 e. The fraction of sp³-hybridized carbons (Fsp3) is 0.773. The van der Waals surface area contributed by atoms with Gasteiger partial charge in [0.2, 0.25) is 11.8 Å². The monoisotopic (exact) mass is 403 g/mol. The average Bonchev–Trinajstić information content (AvgIpc) is 3.22. The number of ether oxygens (including phenoxy) is 2. The van der Waals surface area contributed by atoms with Gasteiger partial charge in [0.1, 0.15) is 5.60 Å². The van der Waals surface area contributed by atoms with Crippen LogP contribution in [0.5, 0.6) is 11.9 Å². The molecule has 2 bridgehead atoms. The van der Waals surface area contributed by atoms with Crippen LogP contribution < -0.4 is 9.47 Å². The number of aliphatic hydroxyl groups is 1. The van der Waals surface area contributed by atoms with Gasteiger partial charge in [-0.25, -0.2) is 4.98 Å². The maximum absolute atomic E-state index is 13.0. The number of aromatic nitrogens is 2. The number of amides is 1. The Morgan fingerprint density at radius 1 is 1.10 bits per heavy atom. The Hall–Kier alpha value is -1.89.